The van der Waals surface area contributed by atoms with Crippen LogP contribution in [0, 0.1) is 5.92 Å². The van der Waals surface area contributed by atoms with Crippen molar-refractivity contribution in [1.82, 2.24) is 0 Å². The molecule has 0 fully saturated rings. The Morgan fingerprint density at radius 1 is 0.574 bits per heavy atom. The molecule has 4 heteroatoms. The zero-order valence-electron chi connectivity index (χ0n) is 29.8. The molecule has 0 heterocycles. The first-order chi connectivity index (χ1) is 20.8. The molecule has 0 spiro atoms. The fraction of sp³-hybridized carbons (Fsp3) is 0.349. The second-order valence-corrected chi connectivity index (χ2v) is 18.8. The van der Waals surface area contributed by atoms with Gasteiger partial charge in [0, 0.05) is 0 Å². The Morgan fingerprint density at radius 2 is 0.979 bits per heavy atom. The Kier molecular flexibility index (Phi) is 12.5. The van der Waals surface area contributed by atoms with E-state index in [-0.39, 0.29) is 61.8 Å². The van der Waals surface area contributed by atoms with Crippen LogP contribution in [-0.2, 0) is 37.0 Å². The standard InChI is InChI=1S/C43H50Si.2ClH.Zr/c1-27(2)37-26-39-34(30-19-23-32(24-20-30)43(7,8)9)14-12-16-36(39)41(37)44(10)40-28(3)25-38-33(13-11-15-35(38)40)29-17-21-31(22-18-29)42(4,5)6;;;/h11-27,40-41,44H,1-10H3;2*1H;/q;;;+2/p-2. The Balaban J connectivity index is 0.00000200. The van der Waals surface area contributed by atoms with Crippen molar-refractivity contribution in [2.24, 2.45) is 5.92 Å². The number of benzene rings is 4. The van der Waals surface area contributed by atoms with Gasteiger partial charge in [-0.1, -0.05) is 170 Å². The van der Waals surface area contributed by atoms with Gasteiger partial charge < -0.3 is 24.8 Å². The molecule has 0 aliphatic heterocycles. The van der Waals surface area contributed by atoms with Crippen molar-refractivity contribution in [2.45, 2.75) is 90.8 Å². The Bertz CT molecular complexity index is 1770. The van der Waals surface area contributed by atoms with Gasteiger partial charge in [0.2, 0.25) is 0 Å². The minimum absolute atomic E-state index is 0. The molecule has 244 valence electrons. The second-order valence-electron chi connectivity index (χ2n) is 15.8. The van der Waals surface area contributed by atoms with Crippen LogP contribution in [0.25, 0.3) is 34.4 Å². The van der Waals surface area contributed by atoms with Crippen molar-refractivity contribution >= 4 is 20.9 Å². The Hall–Kier alpha value is -1.96. The van der Waals surface area contributed by atoms with Crippen LogP contribution < -0.4 is 24.8 Å². The summed E-state index contributed by atoms with van der Waals surface area (Å²) in [7, 11) is -1.38. The molecule has 0 radical (unpaired) electrons. The van der Waals surface area contributed by atoms with Gasteiger partial charge in [-0.15, -0.1) is 0 Å². The molecule has 0 saturated heterocycles. The number of allylic oxidation sites excluding steroid dienone is 2. The molecule has 3 atom stereocenters. The summed E-state index contributed by atoms with van der Waals surface area (Å²) in [5.74, 6) is 0.524. The summed E-state index contributed by atoms with van der Waals surface area (Å²) >= 11 is 0. The zero-order chi connectivity index (χ0) is 31.6. The average molecular weight is 757 g/mol. The van der Waals surface area contributed by atoms with Gasteiger partial charge in [-0.25, -0.2) is 0 Å². The molecule has 6 rings (SSSR count). The van der Waals surface area contributed by atoms with E-state index >= 15 is 0 Å². The molecule has 0 aromatic heterocycles. The fourth-order valence-corrected chi connectivity index (χ4v) is 11.9. The van der Waals surface area contributed by atoms with Crippen molar-refractivity contribution < 1.29 is 51.0 Å². The number of hydrogen-bond donors (Lipinski definition) is 0. The molecular weight excluding hydrogens is 707 g/mol. The molecule has 0 bridgehead atoms. The first-order valence-corrected chi connectivity index (χ1v) is 19.1. The summed E-state index contributed by atoms with van der Waals surface area (Å²) in [6.07, 6.45) is 5.08. The van der Waals surface area contributed by atoms with E-state index in [2.05, 4.69) is 166 Å². The van der Waals surface area contributed by atoms with Crippen LogP contribution in [0.2, 0.25) is 6.55 Å². The maximum Gasteiger partial charge on any atom is 2.00 e. The minimum Gasteiger partial charge on any atom is -1.00 e. The smallest absolute Gasteiger partial charge is 1.00 e. The molecule has 4 aromatic carbocycles. The molecule has 0 nitrogen and oxygen atoms in total. The molecule has 0 saturated carbocycles. The van der Waals surface area contributed by atoms with Crippen LogP contribution in [0.15, 0.2) is 96.1 Å². The third kappa shape index (κ3) is 7.48. The Labute approximate surface area is 318 Å². The van der Waals surface area contributed by atoms with E-state index in [4.69, 9.17) is 0 Å². The molecular formula is C43H50Cl2SiZr. The van der Waals surface area contributed by atoms with Gasteiger partial charge in [-0.3, -0.25) is 0 Å². The quantitative estimate of drug-likeness (QED) is 0.223. The van der Waals surface area contributed by atoms with Crippen LogP contribution >= 0.6 is 0 Å². The molecule has 3 unspecified atom stereocenters. The maximum atomic E-state index is 2.64. The number of halogens is 2. The van der Waals surface area contributed by atoms with Gasteiger partial charge in [0.25, 0.3) is 0 Å². The monoisotopic (exact) mass is 754 g/mol. The minimum atomic E-state index is -1.38. The predicted octanol–water partition coefficient (Wildman–Crippen LogP) is 5.89. The van der Waals surface area contributed by atoms with E-state index in [1.807, 2.05) is 0 Å². The van der Waals surface area contributed by atoms with Gasteiger partial charge in [-0.2, -0.15) is 0 Å². The van der Waals surface area contributed by atoms with Gasteiger partial charge in [0.05, 0.1) is 8.80 Å². The van der Waals surface area contributed by atoms with E-state index in [1.165, 1.54) is 44.5 Å². The zero-order valence-corrected chi connectivity index (χ0v) is 34.9. The van der Waals surface area contributed by atoms with Crippen molar-refractivity contribution in [1.29, 1.82) is 0 Å². The summed E-state index contributed by atoms with van der Waals surface area (Å²) < 4.78 is 0. The van der Waals surface area contributed by atoms with Crippen LogP contribution in [0.3, 0.4) is 0 Å². The normalized spacial score (nSPS) is 17.4. The van der Waals surface area contributed by atoms with Crippen LogP contribution in [-0.4, -0.2) is 8.80 Å². The SMILES string of the molecule is CC1=Cc2c(-c3ccc(C(C)(C)C)cc3)cccc2C1[SiH](C)C1C(C(C)C)=Cc2c(-c3ccc(C(C)(C)C)cc3)cccc21.[Cl-].[Cl-].[Zr+2]. The van der Waals surface area contributed by atoms with Gasteiger partial charge in [0.15, 0.2) is 0 Å². The van der Waals surface area contributed by atoms with Crippen LogP contribution in [0.1, 0.15) is 107 Å². The van der Waals surface area contributed by atoms with Crippen molar-refractivity contribution in [3.63, 3.8) is 0 Å². The third-order valence-corrected chi connectivity index (χ3v) is 14.1. The van der Waals surface area contributed by atoms with E-state index in [9.17, 15) is 0 Å². The van der Waals surface area contributed by atoms with Gasteiger partial charge >= 0.3 is 26.2 Å². The summed E-state index contributed by atoms with van der Waals surface area (Å²) in [6.45, 7) is 23.6. The average Bonchev–Trinajstić information content (AvgIpc) is 3.54. The topological polar surface area (TPSA) is 0 Å². The van der Waals surface area contributed by atoms with E-state index < -0.39 is 8.80 Å². The summed E-state index contributed by atoms with van der Waals surface area (Å²) in [6, 6.07) is 32.7. The summed E-state index contributed by atoms with van der Waals surface area (Å²) in [4.78, 5) is 0. The number of hydrogen-bond acceptors (Lipinski definition) is 0. The van der Waals surface area contributed by atoms with Gasteiger partial charge in [0.1, 0.15) is 0 Å². The summed E-state index contributed by atoms with van der Waals surface area (Å²) in [5.41, 5.74) is 18.7. The van der Waals surface area contributed by atoms with Crippen molar-refractivity contribution in [3.8, 4) is 22.3 Å². The van der Waals surface area contributed by atoms with E-state index in [0.29, 0.717) is 17.0 Å². The predicted molar refractivity (Wildman–Crippen MR) is 196 cm³/mol. The third-order valence-electron chi connectivity index (χ3n) is 10.3. The number of rotatable bonds is 5. The van der Waals surface area contributed by atoms with E-state index in [0.717, 1.165) is 0 Å². The molecule has 2 aliphatic carbocycles. The second kappa shape index (κ2) is 14.9. The molecule has 47 heavy (non-hydrogen) atoms. The maximum absolute atomic E-state index is 2.64. The number of fused-ring (bicyclic) bond motifs is 2. The Morgan fingerprint density at radius 3 is 1.38 bits per heavy atom. The summed E-state index contributed by atoms with van der Waals surface area (Å²) in [5, 5.41) is 0. The van der Waals surface area contributed by atoms with Crippen molar-refractivity contribution in [2.75, 3.05) is 0 Å². The largest absolute Gasteiger partial charge is 2.00 e. The molecule has 2 aliphatic rings. The van der Waals surface area contributed by atoms with E-state index in [1.54, 1.807) is 22.3 Å². The first kappa shape index (κ1) is 39.5. The van der Waals surface area contributed by atoms with Crippen LogP contribution in [0.5, 0.6) is 0 Å². The fourth-order valence-electron chi connectivity index (χ4n) is 7.84. The van der Waals surface area contributed by atoms with Crippen molar-refractivity contribution in [3.05, 3.63) is 129 Å². The van der Waals surface area contributed by atoms with Crippen LogP contribution in [0.4, 0.5) is 0 Å². The molecule has 4 aromatic rings. The molecule has 0 N–H and O–H groups in total. The van der Waals surface area contributed by atoms with Gasteiger partial charge in [-0.05, 0) is 90.4 Å². The first-order valence-electron chi connectivity index (χ1n) is 16.6. The molecule has 0 amide bonds.